The Morgan fingerprint density at radius 2 is 2.25 bits per heavy atom. The summed E-state index contributed by atoms with van der Waals surface area (Å²) in [5.74, 6) is 2.70. The van der Waals surface area contributed by atoms with Gasteiger partial charge in [0, 0.05) is 37.8 Å². The summed E-state index contributed by atoms with van der Waals surface area (Å²) < 4.78 is 5.39. The summed E-state index contributed by atoms with van der Waals surface area (Å²) in [6, 6.07) is 3.82. The van der Waals surface area contributed by atoms with Gasteiger partial charge in [-0.05, 0) is 43.2 Å². The lowest BCUT2D eigenvalue weighted by molar-refractivity contribution is -0.132. The van der Waals surface area contributed by atoms with Crippen molar-refractivity contribution in [1.29, 1.82) is 0 Å². The van der Waals surface area contributed by atoms with Crippen LogP contribution in [0.1, 0.15) is 48.9 Å². The number of hydrogen-bond acceptors (Lipinski definition) is 5. The maximum absolute atomic E-state index is 12.5. The number of hydrogen-bond donors (Lipinski definition) is 0. The number of carbonyl (C=O) groups is 1. The third-order valence-corrected chi connectivity index (χ3v) is 4.84. The second-order valence-corrected chi connectivity index (χ2v) is 6.91. The van der Waals surface area contributed by atoms with Crippen molar-refractivity contribution in [2.45, 2.75) is 44.4 Å². The third kappa shape index (κ3) is 3.63. The summed E-state index contributed by atoms with van der Waals surface area (Å²) in [6.45, 7) is 1.62. The fourth-order valence-corrected chi connectivity index (χ4v) is 3.35. The van der Waals surface area contributed by atoms with Crippen molar-refractivity contribution in [2.24, 2.45) is 5.92 Å². The third-order valence-electron chi connectivity index (χ3n) is 4.84. The van der Waals surface area contributed by atoms with Crippen LogP contribution in [0.3, 0.4) is 0 Å². The molecule has 126 valence electrons. The van der Waals surface area contributed by atoms with Gasteiger partial charge >= 0.3 is 0 Å². The zero-order valence-electron chi connectivity index (χ0n) is 13.7. The monoisotopic (exact) mass is 326 g/mol. The minimum Gasteiger partial charge on any atom is -0.342 e. The van der Waals surface area contributed by atoms with Gasteiger partial charge in [-0.1, -0.05) is 11.2 Å². The molecule has 1 aliphatic heterocycles. The van der Waals surface area contributed by atoms with Gasteiger partial charge in [-0.3, -0.25) is 9.78 Å². The molecule has 1 saturated heterocycles. The minimum atomic E-state index is 0.178. The summed E-state index contributed by atoms with van der Waals surface area (Å²) in [4.78, 5) is 23.1. The van der Waals surface area contributed by atoms with Gasteiger partial charge in [0.15, 0.2) is 5.82 Å². The number of aromatic nitrogens is 3. The lowest BCUT2D eigenvalue weighted by Crippen LogP contribution is -2.41. The molecule has 6 nitrogen and oxygen atoms in total. The van der Waals surface area contributed by atoms with Crippen molar-refractivity contribution in [2.75, 3.05) is 13.1 Å². The second-order valence-electron chi connectivity index (χ2n) is 6.91. The van der Waals surface area contributed by atoms with E-state index in [9.17, 15) is 4.79 Å². The first kappa shape index (κ1) is 15.3. The van der Waals surface area contributed by atoms with Gasteiger partial charge in [0.1, 0.15) is 0 Å². The standard InChI is InChI=1S/C18H22N4O2/c23-17(10-13-3-1-7-19-11-13)22-8-2-4-14(12-22)9-16-20-18(21-24-16)15-5-6-15/h1,3,7,11,14-15H,2,4-6,8-10,12H2/t14-/m0/s1. The molecule has 0 unspecified atom stereocenters. The highest BCUT2D eigenvalue weighted by molar-refractivity contribution is 5.78. The molecule has 2 aromatic heterocycles. The number of pyridine rings is 1. The molecule has 2 aromatic rings. The topological polar surface area (TPSA) is 72.1 Å². The maximum Gasteiger partial charge on any atom is 0.227 e. The Kier molecular flexibility index (Phi) is 4.28. The largest absolute Gasteiger partial charge is 0.342 e. The fraction of sp³-hybridized carbons (Fsp3) is 0.556. The van der Waals surface area contributed by atoms with Gasteiger partial charge in [0.2, 0.25) is 11.8 Å². The molecular formula is C18H22N4O2. The van der Waals surface area contributed by atoms with Crippen LogP contribution in [0, 0.1) is 5.92 Å². The number of likely N-dealkylation sites (tertiary alicyclic amines) is 1. The normalized spacial score (nSPS) is 21.0. The molecule has 1 atom stereocenters. The van der Waals surface area contributed by atoms with Crippen LogP contribution in [0.15, 0.2) is 29.0 Å². The lowest BCUT2D eigenvalue weighted by Gasteiger charge is -2.32. The van der Waals surface area contributed by atoms with Gasteiger partial charge in [-0.2, -0.15) is 4.98 Å². The van der Waals surface area contributed by atoms with Gasteiger partial charge in [0.05, 0.1) is 6.42 Å². The van der Waals surface area contributed by atoms with E-state index in [4.69, 9.17) is 4.52 Å². The van der Waals surface area contributed by atoms with Gasteiger partial charge in [-0.25, -0.2) is 0 Å². The molecule has 4 rings (SSSR count). The molecule has 1 aliphatic carbocycles. The van der Waals surface area contributed by atoms with Crippen molar-refractivity contribution < 1.29 is 9.32 Å². The Bertz CT molecular complexity index is 696. The summed E-state index contributed by atoms with van der Waals surface area (Å²) in [6.07, 6.45) is 9.19. The molecular weight excluding hydrogens is 304 g/mol. The summed E-state index contributed by atoms with van der Waals surface area (Å²) in [7, 11) is 0. The van der Waals surface area contributed by atoms with Crippen LogP contribution in [0.5, 0.6) is 0 Å². The number of amides is 1. The van der Waals surface area contributed by atoms with Crippen LogP contribution >= 0.6 is 0 Å². The summed E-state index contributed by atoms with van der Waals surface area (Å²) >= 11 is 0. The van der Waals surface area contributed by atoms with Gasteiger partial charge in [0.25, 0.3) is 0 Å². The van der Waals surface area contributed by atoms with E-state index in [1.807, 2.05) is 17.0 Å². The Labute approximate surface area is 141 Å². The minimum absolute atomic E-state index is 0.178. The molecule has 0 radical (unpaired) electrons. The van der Waals surface area contributed by atoms with Crippen LogP contribution in [0.2, 0.25) is 0 Å². The van der Waals surface area contributed by atoms with E-state index in [0.29, 0.717) is 18.3 Å². The van der Waals surface area contributed by atoms with E-state index in [-0.39, 0.29) is 5.91 Å². The van der Waals surface area contributed by atoms with Gasteiger partial charge in [-0.15, -0.1) is 0 Å². The quantitative estimate of drug-likeness (QED) is 0.843. The Morgan fingerprint density at radius 1 is 1.33 bits per heavy atom. The zero-order valence-corrected chi connectivity index (χ0v) is 13.7. The van der Waals surface area contributed by atoms with Crippen LogP contribution in [0.25, 0.3) is 0 Å². The van der Waals surface area contributed by atoms with Crippen LogP contribution < -0.4 is 0 Å². The molecule has 6 heteroatoms. The van der Waals surface area contributed by atoms with E-state index >= 15 is 0 Å². The van der Waals surface area contributed by atoms with Crippen molar-refractivity contribution >= 4 is 5.91 Å². The molecule has 24 heavy (non-hydrogen) atoms. The Morgan fingerprint density at radius 3 is 3.04 bits per heavy atom. The molecule has 1 amide bonds. The molecule has 1 saturated carbocycles. The molecule has 0 N–H and O–H groups in total. The average Bonchev–Trinajstić information content (AvgIpc) is 3.36. The van der Waals surface area contributed by atoms with Crippen molar-refractivity contribution in [3.05, 3.63) is 41.8 Å². The summed E-state index contributed by atoms with van der Waals surface area (Å²) in [5, 5.41) is 4.08. The van der Waals surface area contributed by atoms with E-state index < -0.39 is 0 Å². The Hall–Kier alpha value is -2.24. The first-order chi connectivity index (χ1) is 11.8. The predicted octanol–water partition coefficient (Wildman–Crippen LogP) is 2.37. The van der Waals surface area contributed by atoms with Crippen LogP contribution in [-0.2, 0) is 17.6 Å². The van der Waals surface area contributed by atoms with E-state index in [1.54, 1.807) is 12.4 Å². The molecule has 2 fully saturated rings. The molecule has 0 spiro atoms. The van der Waals surface area contributed by atoms with Crippen LogP contribution in [0.4, 0.5) is 0 Å². The molecule has 2 aliphatic rings. The number of nitrogens with zero attached hydrogens (tertiary/aromatic N) is 4. The van der Waals surface area contributed by atoms with E-state index in [2.05, 4.69) is 15.1 Å². The molecule has 3 heterocycles. The fourth-order valence-electron chi connectivity index (χ4n) is 3.35. The SMILES string of the molecule is O=C(Cc1cccnc1)N1CCC[C@@H](Cc2nc(C3CC3)no2)C1. The first-order valence-corrected chi connectivity index (χ1v) is 8.77. The predicted molar refractivity (Wildman–Crippen MR) is 87.2 cm³/mol. The first-order valence-electron chi connectivity index (χ1n) is 8.77. The smallest absolute Gasteiger partial charge is 0.227 e. The van der Waals surface area contributed by atoms with Gasteiger partial charge < -0.3 is 9.42 Å². The molecule has 0 bridgehead atoms. The van der Waals surface area contributed by atoms with Crippen molar-refractivity contribution in [1.82, 2.24) is 20.0 Å². The van der Waals surface area contributed by atoms with Crippen molar-refractivity contribution in [3.63, 3.8) is 0 Å². The maximum atomic E-state index is 12.5. The molecule has 0 aromatic carbocycles. The average molecular weight is 326 g/mol. The second kappa shape index (κ2) is 6.71. The zero-order chi connectivity index (χ0) is 16.4. The highest BCUT2D eigenvalue weighted by Gasteiger charge is 2.30. The summed E-state index contributed by atoms with van der Waals surface area (Å²) in [5.41, 5.74) is 0.968. The highest BCUT2D eigenvalue weighted by atomic mass is 16.5. The highest BCUT2D eigenvalue weighted by Crippen LogP contribution is 2.38. The van der Waals surface area contributed by atoms with E-state index in [0.717, 1.165) is 49.6 Å². The Balaban J connectivity index is 1.33. The van der Waals surface area contributed by atoms with Crippen LogP contribution in [-0.4, -0.2) is 39.0 Å². The number of piperidine rings is 1. The number of carbonyl (C=O) groups excluding carboxylic acids is 1. The van der Waals surface area contributed by atoms with Crippen molar-refractivity contribution in [3.8, 4) is 0 Å². The number of rotatable bonds is 5. The van der Waals surface area contributed by atoms with E-state index in [1.165, 1.54) is 12.8 Å². The lowest BCUT2D eigenvalue weighted by atomic mass is 9.94.